The van der Waals surface area contributed by atoms with Gasteiger partial charge >= 0.3 is 0 Å². The van der Waals surface area contributed by atoms with Crippen molar-refractivity contribution in [3.63, 3.8) is 0 Å². The number of aryl methyl sites for hydroxylation is 2. The van der Waals surface area contributed by atoms with Crippen molar-refractivity contribution in [3.05, 3.63) is 52.3 Å². The molecule has 2 aromatic rings. The number of rotatable bonds is 4. The maximum atomic E-state index is 11.9. The van der Waals surface area contributed by atoms with E-state index in [4.69, 9.17) is 0 Å². The van der Waals surface area contributed by atoms with E-state index in [1.165, 1.54) is 11.1 Å². The average molecular weight is 256 g/mol. The summed E-state index contributed by atoms with van der Waals surface area (Å²) >= 11 is 0. The lowest BCUT2D eigenvalue weighted by Gasteiger charge is -2.06. The minimum Gasteiger partial charge on any atom is -0.294 e. The largest absolute Gasteiger partial charge is 0.294 e. The number of carbonyl (C=O) groups is 1. The molecule has 0 amide bonds. The van der Waals surface area contributed by atoms with E-state index in [9.17, 15) is 4.79 Å². The van der Waals surface area contributed by atoms with Crippen LogP contribution < -0.4 is 0 Å². The van der Waals surface area contributed by atoms with Crippen LogP contribution in [0.5, 0.6) is 0 Å². The van der Waals surface area contributed by atoms with Crippen molar-refractivity contribution < 1.29 is 4.79 Å². The van der Waals surface area contributed by atoms with Gasteiger partial charge in [-0.1, -0.05) is 36.8 Å². The Kier molecular flexibility index (Phi) is 3.84. The summed E-state index contributed by atoms with van der Waals surface area (Å²) in [6.07, 6.45) is 0.526. The topological polar surface area (TPSA) is 34.9 Å². The van der Waals surface area contributed by atoms with Crippen LogP contribution in [0.25, 0.3) is 0 Å². The lowest BCUT2D eigenvalue weighted by atomic mass is 10.1. The third kappa shape index (κ3) is 2.75. The van der Waals surface area contributed by atoms with Crippen molar-refractivity contribution in [1.82, 2.24) is 9.78 Å². The fourth-order valence-corrected chi connectivity index (χ4v) is 2.41. The third-order valence-corrected chi connectivity index (χ3v) is 3.40. The molecule has 0 spiro atoms. The normalized spacial score (nSPS) is 10.7. The molecule has 19 heavy (non-hydrogen) atoms. The minimum atomic E-state index is 0.172. The molecule has 3 nitrogen and oxygen atoms in total. The summed E-state index contributed by atoms with van der Waals surface area (Å²) in [6.45, 7) is 8.56. The quantitative estimate of drug-likeness (QED) is 0.785. The van der Waals surface area contributed by atoms with Gasteiger partial charge in [0, 0.05) is 12.1 Å². The molecule has 2 rings (SSSR count). The number of aromatic nitrogens is 2. The molecule has 0 aliphatic carbocycles. The van der Waals surface area contributed by atoms with Crippen LogP contribution in [0.15, 0.2) is 24.3 Å². The van der Waals surface area contributed by atoms with Crippen LogP contribution in [0.4, 0.5) is 0 Å². The van der Waals surface area contributed by atoms with Crippen molar-refractivity contribution >= 4 is 5.78 Å². The Labute approximate surface area is 114 Å². The number of Topliss-reactive ketones (excluding diaryl/α,β-unsaturated/α-hetero) is 1. The molecule has 0 aliphatic heterocycles. The van der Waals surface area contributed by atoms with Gasteiger partial charge in [-0.2, -0.15) is 5.10 Å². The second kappa shape index (κ2) is 5.39. The zero-order chi connectivity index (χ0) is 14.0. The Balaban J connectivity index is 2.34. The molecule has 0 saturated heterocycles. The minimum absolute atomic E-state index is 0.172. The Hall–Kier alpha value is -1.90. The van der Waals surface area contributed by atoms with Crippen LogP contribution in [0.2, 0.25) is 0 Å². The second-order valence-corrected chi connectivity index (χ2v) is 4.97. The van der Waals surface area contributed by atoms with Crippen molar-refractivity contribution in [2.75, 3.05) is 0 Å². The standard InChI is InChI=1S/C16H20N2O/c1-5-15(19)16-12(3)17-18(13(16)4)10-14-8-6-7-11(2)9-14/h6-9H,5,10H2,1-4H3. The molecular formula is C16H20N2O. The SMILES string of the molecule is CCC(=O)c1c(C)nn(Cc2cccc(C)c2)c1C. The van der Waals surface area contributed by atoms with E-state index in [0.29, 0.717) is 13.0 Å². The molecule has 0 N–H and O–H groups in total. The first-order chi connectivity index (χ1) is 9.02. The monoisotopic (exact) mass is 256 g/mol. The maximum absolute atomic E-state index is 11.9. The summed E-state index contributed by atoms with van der Waals surface area (Å²) in [5, 5.41) is 4.50. The van der Waals surface area contributed by atoms with Gasteiger partial charge in [-0.05, 0) is 26.3 Å². The second-order valence-electron chi connectivity index (χ2n) is 4.97. The van der Waals surface area contributed by atoms with Crippen LogP contribution in [0, 0.1) is 20.8 Å². The fraction of sp³-hybridized carbons (Fsp3) is 0.375. The Morgan fingerprint density at radius 1 is 1.26 bits per heavy atom. The Morgan fingerprint density at radius 3 is 2.63 bits per heavy atom. The molecule has 0 aliphatic rings. The molecule has 0 radical (unpaired) electrons. The number of hydrogen-bond acceptors (Lipinski definition) is 2. The third-order valence-electron chi connectivity index (χ3n) is 3.40. The highest BCUT2D eigenvalue weighted by Crippen LogP contribution is 2.17. The van der Waals surface area contributed by atoms with Crippen LogP contribution in [-0.2, 0) is 6.54 Å². The average Bonchev–Trinajstić information content (AvgIpc) is 2.64. The molecule has 100 valence electrons. The van der Waals surface area contributed by atoms with E-state index in [2.05, 4.69) is 36.3 Å². The van der Waals surface area contributed by atoms with Crippen LogP contribution in [0.3, 0.4) is 0 Å². The van der Waals surface area contributed by atoms with Crippen LogP contribution in [-0.4, -0.2) is 15.6 Å². The summed E-state index contributed by atoms with van der Waals surface area (Å²) in [7, 11) is 0. The summed E-state index contributed by atoms with van der Waals surface area (Å²) in [5.74, 6) is 0.172. The molecule has 1 aromatic carbocycles. The smallest absolute Gasteiger partial charge is 0.166 e. The Morgan fingerprint density at radius 2 is 2.00 bits per heavy atom. The van der Waals surface area contributed by atoms with Gasteiger partial charge in [-0.25, -0.2) is 0 Å². The summed E-state index contributed by atoms with van der Waals surface area (Å²) in [4.78, 5) is 11.9. The molecule has 0 bridgehead atoms. The molecule has 0 unspecified atom stereocenters. The molecule has 1 aromatic heterocycles. The van der Waals surface area contributed by atoms with Crippen molar-refractivity contribution in [2.45, 2.75) is 40.7 Å². The van der Waals surface area contributed by atoms with Gasteiger partial charge in [0.2, 0.25) is 0 Å². The van der Waals surface area contributed by atoms with E-state index < -0.39 is 0 Å². The number of ketones is 1. The zero-order valence-corrected chi connectivity index (χ0v) is 12.0. The zero-order valence-electron chi connectivity index (χ0n) is 12.0. The predicted molar refractivity (Wildman–Crippen MR) is 76.6 cm³/mol. The van der Waals surface area contributed by atoms with Gasteiger partial charge in [0.1, 0.15) is 0 Å². The van der Waals surface area contributed by atoms with E-state index >= 15 is 0 Å². The van der Waals surface area contributed by atoms with Gasteiger partial charge in [0.05, 0.1) is 17.8 Å². The van der Waals surface area contributed by atoms with E-state index in [1.807, 2.05) is 25.5 Å². The summed E-state index contributed by atoms with van der Waals surface area (Å²) in [6, 6.07) is 8.37. The van der Waals surface area contributed by atoms with Gasteiger partial charge in [0.25, 0.3) is 0 Å². The molecule has 0 atom stereocenters. The highest BCUT2D eigenvalue weighted by atomic mass is 16.1. The molecule has 1 heterocycles. The van der Waals surface area contributed by atoms with Gasteiger partial charge < -0.3 is 0 Å². The number of benzene rings is 1. The molecule has 0 fully saturated rings. The summed E-state index contributed by atoms with van der Waals surface area (Å²) < 4.78 is 1.92. The molecular weight excluding hydrogens is 236 g/mol. The predicted octanol–water partition coefficient (Wildman–Crippen LogP) is 3.45. The number of carbonyl (C=O) groups excluding carboxylic acids is 1. The lowest BCUT2D eigenvalue weighted by molar-refractivity contribution is 0.0987. The highest BCUT2D eigenvalue weighted by molar-refractivity contribution is 5.97. The maximum Gasteiger partial charge on any atom is 0.166 e. The van der Waals surface area contributed by atoms with Gasteiger partial charge in [-0.15, -0.1) is 0 Å². The summed E-state index contributed by atoms with van der Waals surface area (Å²) in [5.41, 5.74) is 5.03. The first-order valence-corrected chi connectivity index (χ1v) is 6.65. The van der Waals surface area contributed by atoms with E-state index in [1.54, 1.807) is 0 Å². The van der Waals surface area contributed by atoms with Crippen molar-refractivity contribution in [2.24, 2.45) is 0 Å². The van der Waals surface area contributed by atoms with Crippen LogP contribution in [0.1, 0.15) is 46.2 Å². The van der Waals surface area contributed by atoms with Gasteiger partial charge in [0.15, 0.2) is 5.78 Å². The highest BCUT2D eigenvalue weighted by Gasteiger charge is 2.16. The first-order valence-electron chi connectivity index (χ1n) is 6.65. The molecule has 3 heteroatoms. The van der Waals surface area contributed by atoms with Crippen LogP contribution >= 0.6 is 0 Å². The van der Waals surface area contributed by atoms with Gasteiger partial charge in [-0.3, -0.25) is 9.48 Å². The van der Waals surface area contributed by atoms with Crippen molar-refractivity contribution in [1.29, 1.82) is 0 Å². The van der Waals surface area contributed by atoms with E-state index in [-0.39, 0.29) is 5.78 Å². The fourth-order valence-electron chi connectivity index (χ4n) is 2.41. The lowest BCUT2D eigenvalue weighted by Crippen LogP contribution is -2.06. The Bertz CT molecular complexity index is 611. The number of nitrogens with zero attached hydrogens (tertiary/aromatic N) is 2. The van der Waals surface area contributed by atoms with Crippen molar-refractivity contribution in [3.8, 4) is 0 Å². The first kappa shape index (κ1) is 13.5. The van der Waals surface area contributed by atoms with E-state index in [0.717, 1.165) is 17.0 Å². The molecule has 0 saturated carbocycles. The number of hydrogen-bond donors (Lipinski definition) is 0.